The monoisotopic (exact) mass is 425 g/mol. The van der Waals surface area contributed by atoms with Gasteiger partial charge in [-0.3, -0.25) is 4.68 Å². The fraction of sp³-hybridized carbons (Fsp3) is 0.450. The highest BCUT2D eigenvalue weighted by atomic mass is 32.2. The number of thioether (sulfide) groups is 1. The van der Waals surface area contributed by atoms with Gasteiger partial charge in [-0.1, -0.05) is 25.1 Å². The first-order valence-electron chi connectivity index (χ1n) is 10.3. The van der Waals surface area contributed by atoms with Crippen molar-refractivity contribution >= 4 is 28.7 Å². The third-order valence-corrected chi connectivity index (χ3v) is 6.37. The van der Waals surface area contributed by atoms with Gasteiger partial charge >= 0.3 is 0 Å². The number of rotatable bonds is 10. The number of anilines is 1. The molecule has 0 radical (unpaired) electrons. The third-order valence-electron chi connectivity index (χ3n) is 5.49. The van der Waals surface area contributed by atoms with Crippen LogP contribution in [0.2, 0.25) is 0 Å². The van der Waals surface area contributed by atoms with Crippen LogP contribution in [0.25, 0.3) is 22.3 Å². The molecule has 4 aromatic heterocycles. The average Bonchev–Trinajstić information content (AvgIpc) is 3.50. The molecule has 0 bridgehead atoms. The molecule has 0 unspecified atom stereocenters. The van der Waals surface area contributed by atoms with Crippen LogP contribution in [0.4, 0.5) is 5.95 Å². The maximum absolute atomic E-state index is 5.57. The smallest absolute Gasteiger partial charge is 0.216 e. The van der Waals surface area contributed by atoms with Gasteiger partial charge in [-0.2, -0.15) is 10.1 Å². The van der Waals surface area contributed by atoms with Crippen molar-refractivity contribution < 1.29 is 0 Å². The van der Waals surface area contributed by atoms with E-state index in [1.165, 1.54) is 12.8 Å². The Morgan fingerprint density at radius 1 is 1.23 bits per heavy atom. The summed E-state index contributed by atoms with van der Waals surface area (Å²) < 4.78 is 2.05. The molecule has 4 aromatic rings. The minimum absolute atomic E-state index is 0.330. The minimum atomic E-state index is 0.330. The first-order chi connectivity index (χ1) is 14.6. The van der Waals surface area contributed by atoms with Crippen molar-refractivity contribution in [3.05, 3.63) is 31.0 Å². The van der Waals surface area contributed by atoms with Crippen molar-refractivity contribution in [2.75, 3.05) is 11.5 Å². The fourth-order valence-electron chi connectivity index (χ4n) is 3.61. The molecular formula is C20H27N9S. The molecule has 0 amide bonds. The molecule has 0 aliphatic heterocycles. The van der Waals surface area contributed by atoms with Gasteiger partial charge in [0.15, 0.2) is 0 Å². The number of nitrogens with two attached hydrogens (primary N) is 1. The zero-order chi connectivity index (χ0) is 20.9. The van der Waals surface area contributed by atoms with E-state index in [2.05, 4.69) is 55.3 Å². The number of hydrogen-bond acceptors (Lipinski definition) is 7. The van der Waals surface area contributed by atoms with Crippen LogP contribution in [-0.4, -0.2) is 45.7 Å². The Morgan fingerprint density at radius 2 is 2.13 bits per heavy atom. The van der Waals surface area contributed by atoms with Gasteiger partial charge in [-0.25, -0.2) is 15.1 Å². The Bertz CT molecular complexity index is 1080. The van der Waals surface area contributed by atoms with Crippen LogP contribution in [0.15, 0.2) is 36.1 Å². The highest BCUT2D eigenvalue weighted by molar-refractivity contribution is 7.99. The molecular weight excluding hydrogens is 398 g/mol. The minimum Gasteiger partial charge on any atom is -0.368 e. The Morgan fingerprint density at radius 3 is 2.93 bits per heavy atom. The maximum atomic E-state index is 5.57. The van der Waals surface area contributed by atoms with Crippen molar-refractivity contribution in [2.45, 2.75) is 50.7 Å². The second-order valence-electron chi connectivity index (χ2n) is 7.51. The van der Waals surface area contributed by atoms with Gasteiger partial charge in [0, 0.05) is 35.1 Å². The normalized spacial score (nSPS) is 13.7. The molecule has 4 rings (SSSR count). The van der Waals surface area contributed by atoms with Crippen molar-refractivity contribution in [3.8, 4) is 11.3 Å². The zero-order valence-electron chi connectivity index (χ0n) is 17.2. The lowest BCUT2D eigenvalue weighted by atomic mass is 9.95. The molecule has 158 valence electrons. The molecule has 10 heteroatoms. The Kier molecular flexibility index (Phi) is 6.32. The van der Waals surface area contributed by atoms with E-state index in [9.17, 15) is 0 Å². The van der Waals surface area contributed by atoms with E-state index in [4.69, 9.17) is 5.73 Å². The van der Waals surface area contributed by atoms with Gasteiger partial charge in [-0.15, -0.1) is 5.10 Å². The van der Waals surface area contributed by atoms with Crippen LogP contribution >= 0.6 is 11.8 Å². The summed E-state index contributed by atoms with van der Waals surface area (Å²) >= 11 is 1.65. The summed E-state index contributed by atoms with van der Waals surface area (Å²) in [6.07, 6.45) is 12.0. The average molecular weight is 426 g/mol. The number of H-pyrrole nitrogens is 2. The summed E-state index contributed by atoms with van der Waals surface area (Å²) in [6.45, 7) is 4.48. The third kappa shape index (κ3) is 4.64. The van der Waals surface area contributed by atoms with E-state index in [-0.39, 0.29) is 0 Å². The van der Waals surface area contributed by atoms with Crippen molar-refractivity contribution in [3.63, 3.8) is 0 Å². The Hall–Kier alpha value is -2.88. The molecule has 0 spiro atoms. The number of aromatic nitrogens is 8. The largest absolute Gasteiger partial charge is 0.368 e. The highest BCUT2D eigenvalue weighted by Crippen LogP contribution is 2.27. The summed E-state index contributed by atoms with van der Waals surface area (Å²) in [7, 11) is 0. The van der Waals surface area contributed by atoms with Gasteiger partial charge < -0.3 is 10.7 Å². The predicted molar refractivity (Wildman–Crippen MR) is 119 cm³/mol. The predicted octanol–water partition coefficient (Wildman–Crippen LogP) is 4.07. The van der Waals surface area contributed by atoms with E-state index in [0.717, 1.165) is 46.0 Å². The number of nitrogens with zero attached hydrogens (tertiary/aromatic N) is 6. The second kappa shape index (κ2) is 9.29. The van der Waals surface area contributed by atoms with E-state index in [0.29, 0.717) is 17.9 Å². The highest BCUT2D eigenvalue weighted by Gasteiger charge is 2.14. The number of nitrogens with one attached hydrogen (secondary N) is 2. The number of aromatic amines is 2. The summed E-state index contributed by atoms with van der Waals surface area (Å²) in [5.41, 5.74) is 8.35. The molecule has 0 aliphatic carbocycles. The van der Waals surface area contributed by atoms with E-state index < -0.39 is 0 Å². The molecule has 30 heavy (non-hydrogen) atoms. The fourth-order valence-corrected chi connectivity index (χ4v) is 4.51. The number of hydrogen-bond donors (Lipinski definition) is 3. The van der Waals surface area contributed by atoms with Gasteiger partial charge in [0.2, 0.25) is 11.1 Å². The van der Waals surface area contributed by atoms with Crippen LogP contribution < -0.4 is 5.73 Å². The Balaban J connectivity index is 1.31. The maximum Gasteiger partial charge on any atom is 0.216 e. The summed E-state index contributed by atoms with van der Waals surface area (Å²) in [6, 6.07) is 2.33. The standard InChI is InChI=1S/C20H27N9S/c1-3-14(7-9-30-20-26-19(21)27-28-20)5-4-13(2)29-11-15(10-25-29)17-16-6-8-22-18(16)24-12-23-17/h6,8,10-14H,3-5,7,9H2,1-2H3,(H,22,23,24)(H3,21,26,27,28)/t13-,14+/m0/s1. The van der Waals surface area contributed by atoms with E-state index >= 15 is 0 Å². The van der Waals surface area contributed by atoms with Crippen LogP contribution in [0.1, 0.15) is 45.6 Å². The van der Waals surface area contributed by atoms with Gasteiger partial charge in [0.05, 0.1) is 11.9 Å². The number of nitrogen functional groups attached to an aromatic ring is 1. The van der Waals surface area contributed by atoms with Gasteiger partial charge in [-0.05, 0) is 38.2 Å². The molecule has 9 nitrogen and oxygen atoms in total. The van der Waals surface area contributed by atoms with Crippen LogP contribution in [0, 0.1) is 5.92 Å². The number of fused-ring (bicyclic) bond motifs is 1. The summed E-state index contributed by atoms with van der Waals surface area (Å²) in [5, 5.41) is 13.1. The molecule has 0 aliphatic rings. The lowest BCUT2D eigenvalue weighted by Crippen LogP contribution is -2.09. The lowest BCUT2D eigenvalue weighted by Gasteiger charge is -2.18. The molecule has 0 aromatic carbocycles. The summed E-state index contributed by atoms with van der Waals surface area (Å²) in [5.74, 6) is 2.04. The molecule has 0 saturated carbocycles. The van der Waals surface area contributed by atoms with Crippen LogP contribution in [0.5, 0.6) is 0 Å². The SMILES string of the molecule is CC[C@@H](CCSc1n[nH]c(N)n1)CC[C@H](C)n1cc(-c2ncnc3[nH]ccc23)cn1. The van der Waals surface area contributed by atoms with Crippen LogP contribution in [-0.2, 0) is 0 Å². The Labute approximate surface area is 179 Å². The van der Waals surface area contributed by atoms with E-state index in [1.54, 1.807) is 18.1 Å². The lowest BCUT2D eigenvalue weighted by molar-refractivity contribution is 0.372. The van der Waals surface area contributed by atoms with Gasteiger partial charge in [0.1, 0.15) is 12.0 Å². The first kappa shape index (κ1) is 20.4. The molecule has 2 atom stereocenters. The van der Waals surface area contributed by atoms with Gasteiger partial charge in [0.25, 0.3) is 0 Å². The van der Waals surface area contributed by atoms with Crippen molar-refractivity contribution in [1.29, 1.82) is 0 Å². The second-order valence-corrected chi connectivity index (χ2v) is 8.57. The molecule has 4 heterocycles. The van der Waals surface area contributed by atoms with E-state index in [1.807, 2.05) is 23.1 Å². The quantitative estimate of drug-likeness (QED) is 0.327. The van der Waals surface area contributed by atoms with Crippen molar-refractivity contribution in [1.82, 2.24) is 39.9 Å². The molecule has 0 fully saturated rings. The van der Waals surface area contributed by atoms with Crippen LogP contribution in [0.3, 0.4) is 0 Å². The van der Waals surface area contributed by atoms with Crippen molar-refractivity contribution in [2.24, 2.45) is 5.92 Å². The first-order valence-corrected chi connectivity index (χ1v) is 11.3. The topological polar surface area (TPSA) is 127 Å². The molecule has 4 N–H and O–H groups in total. The molecule has 0 saturated heterocycles. The summed E-state index contributed by atoms with van der Waals surface area (Å²) in [4.78, 5) is 16.0. The zero-order valence-corrected chi connectivity index (χ0v) is 18.1.